The maximum atomic E-state index is 12.8. The molecule has 4 rings (SSSR count). The topological polar surface area (TPSA) is 75.7 Å². The van der Waals surface area contributed by atoms with E-state index < -0.39 is 24.3 Å². The highest BCUT2D eigenvalue weighted by Gasteiger charge is 2.36. The first-order chi connectivity index (χ1) is 14.9. The summed E-state index contributed by atoms with van der Waals surface area (Å²) in [5.41, 5.74) is 1.77. The lowest BCUT2D eigenvalue weighted by Crippen LogP contribution is -2.29. The number of anilines is 1. The van der Waals surface area contributed by atoms with Crippen molar-refractivity contribution in [1.82, 2.24) is 4.90 Å². The van der Waals surface area contributed by atoms with Gasteiger partial charge in [-0.25, -0.2) is 0 Å². The van der Waals surface area contributed by atoms with E-state index in [4.69, 9.17) is 0 Å². The molecular weight excluding hydrogens is 406 g/mol. The lowest BCUT2D eigenvalue weighted by Gasteiger charge is -2.13. The van der Waals surface area contributed by atoms with Gasteiger partial charge < -0.3 is 10.1 Å². The number of ether oxygens (including phenoxy) is 1. The van der Waals surface area contributed by atoms with Crippen LogP contribution in [0.15, 0.2) is 72.8 Å². The van der Waals surface area contributed by atoms with E-state index in [2.05, 4.69) is 10.1 Å². The van der Waals surface area contributed by atoms with Crippen LogP contribution in [0.3, 0.4) is 0 Å². The summed E-state index contributed by atoms with van der Waals surface area (Å²) in [6.45, 7) is -2.80. The fraction of sp³-hybridized carbons (Fsp3) is 0.0870. The molecule has 0 aliphatic carbocycles. The Kier molecular flexibility index (Phi) is 5.44. The minimum atomic E-state index is -2.94. The third-order valence-corrected chi connectivity index (χ3v) is 4.75. The van der Waals surface area contributed by atoms with Crippen molar-refractivity contribution in [3.05, 3.63) is 95.1 Å². The zero-order chi connectivity index (χ0) is 22.0. The van der Waals surface area contributed by atoms with Crippen LogP contribution >= 0.6 is 0 Å². The lowest BCUT2D eigenvalue weighted by molar-refractivity contribution is -0.0498. The first-order valence-corrected chi connectivity index (χ1v) is 9.33. The predicted octanol–water partition coefficient (Wildman–Crippen LogP) is 4.34. The molecule has 0 aromatic heterocycles. The van der Waals surface area contributed by atoms with Crippen molar-refractivity contribution in [3.8, 4) is 5.75 Å². The molecular formula is C23H16F2N2O4. The Balaban J connectivity index is 1.49. The van der Waals surface area contributed by atoms with E-state index in [-0.39, 0.29) is 29.0 Å². The van der Waals surface area contributed by atoms with E-state index in [1.165, 1.54) is 42.5 Å². The standard InChI is InChI=1S/C23H16F2N2O4/c24-23(25)31-17-9-7-16(8-10-17)26-20(28)15-6-11-18-19(12-15)22(30)27(21(18)29)13-14-4-2-1-3-5-14/h1-12,23H,13H2,(H,26,28). The molecule has 0 spiro atoms. The molecule has 31 heavy (non-hydrogen) atoms. The Morgan fingerprint density at radius 2 is 1.58 bits per heavy atom. The largest absolute Gasteiger partial charge is 0.435 e. The van der Waals surface area contributed by atoms with Gasteiger partial charge in [0.15, 0.2) is 0 Å². The van der Waals surface area contributed by atoms with Gasteiger partial charge in [-0.2, -0.15) is 8.78 Å². The number of amides is 3. The average Bonchev–Trinajstić information content (AvgIpc) is 3.00. The number of benzene rings is 3. The molecule has 0 saturated heterocycles. The number of hydrogen-bond donors (Lipinski definition) is 1. The molecule has 0 unspecified atom stereocenters. The van der Waals surface area contributed by atoms with Crippen LogP contribution in [0.4, 0.5) is 14.5 Å². The summed E-state index contributed by atoms with van der Waals surface area (Å²) in [6.07, 6.45) is 0. The van der Waals surface area contributed by atoms with E-state index in [0.717, 1.165) is 10.5 Å². The SMILES string of the molecule is O=C(Nc1ccc(OC(F)F)cc1)c1ccc2c(c1)C(=O)N(Cc1ccccc1)C2=O. The lowest BCUT2D eigenvalue weighted by atomic mass is 10.1. The molecule has 1 N–H and O–H groups in total. The van der Waals surface area contributed by atoms with Crippen LogP contribution < -0.4 is 10.1 Å². The van der Waals surface area contributed by atoms with Crippen molar-refractivity contribution in [2.75, 3.05) is 5.32 Å². The van der Waals surface area contributed by atoms with Gasteiger partial charge in [0.25, 0.3) is 17.7 Å². The summed E-state index contributed by atoms with van der Waals surface area (Å²) in [5, 5.41) is 2.62. The van der Waals surface area contributed by atoms with Crippen LogP contribution in [0.5, 0.6) is 5.75 Å². The quantitative estimate of drug-likeness (QED) is 0.600. The molecule has 1 aliphatic rings. The van der Waals surface area contributed by atoms with E-state index in [9.17, 15) is 23.2 Å². The first-order valence-electron chi connectivity index (χ1n) is 9.33. The summed E-state index contributed by atoms with van der Waals surface area (Å²) in [5.74, 6) is -1.42. The number of fused-ring (bicyclic) bond motifs is 1. The Morgan fingerprint density at radius 1 is 0.903 bits per heavy atom. The molecule has 3 aromatic rings. The maximum absolute atomic E-state index is 12.8. The highest BCUT2D eigenvalue weighted by Crippen LogP contribution is 2.26. The number of nitrogens with one attached hydrogen (secondary N) is 1. The van der Waals surface area contributed by atoms with Gasteiger partial charge in [0.1, 0.15) is 5.75 Å². The second-order valence-electron chi connectivity index (χ2n) is 6.80. The predicted molar refractivity (Wildman–Crippen MR) is 108 cm³/mol. The fourth-order valence-corrected chi connectivity index (χ4v) is 3.26. The molecule has 3 amide bonds. The Labute approximate surface area is 176 Å². The van der Waals surface area contributed by atoms with Crippen molar-refractivity contribution in [2.24, 2.45) is 0 Å². The van der Waals surface area contributed by atoms with Crippen LogP contribution in [0, 0.1) is 0 Å². The minimum Gasteiger partial charge on any atom is -0.435 e. The van der Waals surface area contributed by atoms with E-state index in [1.54, 1.807) is 0 Å². The van der Waals surface area contributed by atoms with Crippen molar-refractivity contribution < 1.29 is 27.9 Å². The van der Waals surface area contributed by atoms with Gasteiger partial charge in [-0.3, -0.25) is 19.3 Å². The molecule has 0 saturated carbocycles. The maximum Gasteiger partial charge on any atom is 0.387 e. The Hall–Kier alpha value is -4.07. The zero-order valence-corrected chi connectivity index (χ0v) is 16.0. The van der Waals surface area contributed by atoms with Crippen LogP contribution in [0.25, 0.3) is 0 Å². The Morgan fingerprint density at radius 3 is 2.26 bits per heavy atom. The molecule has 1 heterocycles. The molecule has 0 bridgehead atoms. The highest BCUT2D eigenvalue weighted by molar-refractivity contribution is 6.22. The molecule has 8 heteroatoms. The summed E-state index contributed by atoms with van der Waals surface area (Å²) < 4.78 is 28.7. The number of rotatable bonds is 6. The highest BCUT2D eigenvalue weighted by atomic mass is 19.3. The van der Waals surface area contributed by atoms with E-state index in [0.29, 0.717) is 5.69 Å². The van der Waals surface area contributed by atoms with Gasteiger partial charge in [0.05, 0.1) is 17.7 Å². The number of hydrogen-bond acceptors (Lipinski definition) is 4. The van der Waals surface area contributed by atoms with Crippen LogP contribution in [-0.2, 0) is 6.54 Å². The normalized spacial score (nSPS) is 12.8. The van der Waals surface area contributed by atoms with Gasteiger partial charge in [-0.1, -0.05) is 30.3 Å². The van der Waals surface area contributed by atoms with Gasteiger partial charge in [-0.05, 0) is 48.0 Å². The average molecular weight is 422 g/mol. The number of carbonyl (C=O) groups excluding carboxylic acids is 3. The van der Waals surface area contributed by atoms with Gasteiger partial charge in [0, 0.05) is 11.3 Å². The number of carbonyl (C=O) groups is 3. The summed E-state index contributed by atoms with van der Waals surface area (Å²) in [6, 6.07) is 18.8. The summed E-state index contributed by atoms with van der Waals surface area (Å²) >= 11 is 0. The van der Waals surface area contributed by atoms with Crippen LogP contribution in [0.2, 0.25) is 0 Å². The number of nitrogens with zero attached hydrogens (tertiary/aromatic N) is 1. The molecule has 0 radical (unpaired) electrons. The van der Waals surface area contributed by atoms with Crippen LogP contribution in [0.1, 0.15) is 36.6 Å². The Bertz CT molecular complexity index is 1150. The smallest absolute Gasteiger partial charge is 0.387 e. The fourth-order valence-electron chi connectivity index (χ4n) is 3.26. The van der Waals surface area contributed by atoms with Crippen molar-refractivity contribution >= 4 is 23.4 Å². The molecule has 6 nitrogen and oxygen atoms in total. The van der Waals surface area contributed by atoms with Gasteiger partial charge in [-0.15, -0.1) is 0 Å². The summed E-state index contributed by atoms with van der Waals surface area (Å²) in [4.78, 5) is 39.1. The third-order valence-electron chi connectivity index (χ3n) is 4.75. The number of imide groups is 1. The molecule has 0 fully saturated rings. The van der Waals surface area contributed by atoms with Crippen molar-refractivity contribution in [2.45, 2.75) is 13.2 Å². The molecule has 156 valence electrons. The summed E-state index contributed by atoms with van der Waals surface area (Å²) in [7, 11) is 0. The number of halogens is 2. The molecule has 0 atom stereocenters. The first kappa shape index (κ1) is 20.2. The van der Waals surface area contributed by atoms with E-state index >= 15 is 0 Å². The number of alkyl halides is 2. The van der Waals surface area contributed by atoms with Gasteiger partial charge >= 0.3 is 6.61 Å². The zero-order valence-electron chi connectivity index (χ0n) is 16.0. The molecule has 1 aliphatic heterocycles. The third kappa shape index (κ3) is 4.28. The molecule has 3 aromatic carbocycles. The monoisotopic (exact) mass is 422 g/mol. The van der Waals surface area contributed by atoms with E-state index in [1.807, 2.05) is 30.3 Å². The second kappa shape index (κ2) is 8.35. The van der Waals surface area contributed by atoms with Crippen molar-refractivity contribution in [1.29, 1.82) is 0 Å². The van der Waals surface area contributed by atoms with Gasteiger partial charge in [0.2, 0.25) is 0 Å². The second-order valence-corrected chi connectivity index (χ2v) is 6.80. The van der Waals surface area contributed by atoms with Crippen LogP contribution in [-0.4, -0.2) is 29.2 Å². The minimum absolute atomic E-state index is 0.0341. The van der Waals surface area contributed by atoms with Crippen molar-refractivity contribution in [3.63, 3.8) is 0 Å².